The quantitative estimate of drug-likeness (QED) is 0.502. The maximum atomic E-state index is 13.1. The third kappa shape index (κ3) is 4.53. The van der Waals surface area contributed by atoms with Gasteiger partial charge >= 0.3 is 0 Å². The third-order valence-corrected chi connectivity index (χ3v) is 5.66. The van der Waals surface area contributed by atoms with Gasteiger partial charge in [-0.2, -0.15) is 5.10 Å². The van der Waals surface area contributed by atoms with Crippen molar-refractivity contribution in [3.8, 4) is 0 Å². The Hall–Kier alpha value is -2.74. The van der Waals surface area contributed by atoms with Crippen LogP contribution < -0.4 is 5.32 Å². The molecule has 1 fully saturated rings. The van der Waals surface area contributed by atoms with Gasteiger partial charge in [0.05, 0.1) is 18.2 Å². The summed E-state index contributed by atoms with van der Waals surface area (Å²) in [6, 6.07) is 10.9. The molecular weight excluding hydrogens is 404 g/mol. The van der Waals surface area contributed by atoms with Gasteiger partial charge in [-0.25, -0.2) is 0 Å². The second kappa shape index (κ2) is 8.95. The molecule has 3 aromatic rings. The van der Waals surface area contributed by atoms with E-state index in [1.54, 1.807) is 29.2 Å². The second-order valence-corrected chi connectivity index (χ2v) is 8.04. The molecule has 8 heteroatoms. The zero-order valence-corrected chi connectivity index (χ0v) is 17.0. The van der Waals surface area contributed by atoms with E-state index in [1.807, 2.05) is 24.3 Å². The normalized spacial score (nSPS) is 21.0. The van der Waals surface area contributed by atoms with Gasteiger partial charge in [-0.1, -0.05) is 23.7 Å². The molecule has 1 aromatic carbocycles. The number of aliphatic hydroxyl groups excluding tert-OH is 2. The molecule has 2 aromatic heterocycles. The Bertz CT molecular complexity index is 1040. The zero-order chi connectivity index (χ0) is 21.1. The number of nitrogens with one attached hydrogen (secondary N) is 1. The molecule has 4 rings (SSSR count). The molecule has 3 atom stereocenters. The fraction of sp³-hybridized carbons (Fsp3) is 0.318. The topological polar surface area (TPSA) is 100 Å². The lowest BCUT2D eigenvalue weighted by Crippen LogP contribution is -2.19. The molecule has 0 amide bonds. The number of pyridine rings is 1. The molecule has 30 heavy (non-hydrogen) atoms. The molecule has 156 valence electrons. The Kier molecular flexibility index (Phi) is 6.13. The highest BCUT2D eigenvalue weighted by Gasteiger charge is 2.33. The number of hydrogen-bond donors (Lipinski definition) is 3. The summed E-state index contributed by atoms with van der Waals surface area (Å²) in [5.41, 5.74) is 2.39. The number of carbonyl (C=O) groups excluding carboxylic acids is 1. The first kappa shape index (κ1) is 20.5. The molecule has 2 heterocycles. The first-order chi connectivity index (χ1) is 14.5. The first-order valence-corrected chi connectivity index (χ1v) is 10.2. The summed E-state index contributed by atoms with van der Waals surface area (Å²) in [5.74, 6) is -0.377. The van der Waals surface area contributed by atoms with Crippen LogP contribution in [0, 0.1) is 5.92 Å². The summed E-state index contributed by atoms with van der Waals surface area (Å²) in [6.07, 6.45) is 5.52. The van der Waals surface area contributed by atoms with Crippen molar-refractivity contribution in [2.45, 2.75) is 31.5 Å². The van der Waals surface area contributed by atoms with Gasteiger partial charge < -0.3 is 15.5 Å². The standard InChI is InChI=1S/C22H23ClN4O3/c23-16-3-1-2-14(8-16)12-27-7-5-20(26-27)22(30)18-11-24-6-4-19(18)25-17-9-15(13-28)21(29)10-17/h1-8,11,15,17,21,28-29H,9-10,12-13H2,(H,24,25). The van der Waals surface area contributed by atoms with Crippen molar-refractivity contribution in [2.24, 2.45) is 5.92 Å². The summed E-state index contributed by atoms with van der Waals surface area (Å²) < 4.78 is 1.70. The van der Waals surface area contributed by atoms with Gasteiger partial charge in [0.2, 0.25) is 5.78 Å². The van der Waals surface area contributed by atoms with Crippen molar-refractivity contribution >= 4 is 23.1 Å². The fourth-order valence-electron chi connectivity index (χ4n) is 3.87. The number of aliphatic hydroxyl groups is 2. The lowest BCUT2D eigenvalue weighted by Gasteiger charge is -2.16. The molecule has 7 nitrogen and oxygen atoms in total. The van der Waals surface area contributed by atoms with Crippen molar-refractivity contribution in [2.75, 3.05) is 11.9 Å². The van der Waals surface area contributed by atoms with Gasteiger partial charge in [-0.05, 0) is 42.7 Å². The largest absolute Gasteiger partial charge is 0.396 e. The Morgan fingerprint density at radius 3 is 2.90 bits per heavy atom. The van der Waals surface area contributed by atoms with E-state index < -0.39 is 6.10 Å². The highest BCUT2D eigenvalue weighted by atomic mass is 35.5. The van der Waals surface area contributed by atoms with Gasteiger partial charge in [0.1, 0.15) is 5.69 Å². The number of benzene rings is 1. The van der Waals surface area contributed by atoms with E-state index in [1.165, 1.54) is 6.20 Å². The molecule has 0 saturated heterocycles. The smallest absolute Gasteiger partial charge is 0.216 e. The van der Waals surface area contributed by atoms with Crippen LogP contribution in [0.2, 0.25) is 5.02 Å². The minimum atomic E-state index is -0.546. The number of nitrogens with zero attached hydrogens (tertiary/aromatic N) is 3. The van der Waals surface area contributed by atoms with Gasteiger partial charge in [0.15, 0.2) is 0 Å². The van der Waals surface area contributed by atoms with E-state index in [2.05, 4.69) is 15.4 Å². The van der Waals surface area contributed by atoms with Crippen LogP contribution in [-0.2, 0) is 6.54 Å². The van der Waals surface area contributed by atoms with Crippen molar-refractivity contribution in [1.82, 2.24) is 14.8 Å². The molecule has 3 unspecified atom stereocenters. The molecule has 0 radical (unpaired) electrons. The maximum Gasteiger partial charge on any atom is 0.216 e. The molecule has 1 saturated carbocycles. The van der Waals surface area contributed by atoms with Crippen LogP contribution in [-0.4, -0.2) is 49.5 Å². The van der Waals surface area contributed by atoms with Crippen LogP contribution in [0.5, 0.6) is 0 Å². The van der Waals surface area contributed by atoms with Gasteiger partial charge in [-0.15, -0.1) is 0 Å². The van der Waals surface area contributed by atoms with Crippen LogP contribution in [0.15, 0.2) is 55.0 Å². The van der Waals surface area contributed by atoms with Crippen molar-refractivity contribution in [3.63, 3.8) is 0 Å². The summed E-state index contributed by atoms with van der Waals surface area (Å²) in [6.45, 7) is 0.458. The molecule has 1 aliphatic rings. The van der Waals surface area contributed by atoms with Crippen molar-refractivity contribution in [1.29, 1.82) is 0 Å². The lowest BCUT2D eigenvalue weighted by atomic mass is 10.1. The van der Waals surface area contributed by atoms with E-state index >= 15 is 0 Å². The number of anilines is 1. The van der Waals surface area contributed by atoms with Crippen molar-refractivity contribution < 1.29 is 15.0 Å². The number of carbonyl (C=O) groups is 1. The number of hydrogen-bond acceptors (Lipinski definition) is 6. The van der Waals surface area contributed by atoms with E-state index in [-0.39, 0.29) is 24.3 Å². The number of ketones is 1. The van der Waals surface area contributed by atoms with E-state index in [4.69, 9.17) is 11.6 Å². The summed E-state index contributed by atoms with van der Waals surface area (Å²) >= 11 is 6.03. The van der Waals surface area contributed by atoms with Crippen LogP contribution in [0.4, 0.5) is 5.69 Å². The Morgan fingerprint density at radius 1 is 1.27 bits per heavy atom. The molecule has 0 aliphatic heterocycles. The van der Waals surface area contributed by atoms with Gasteiger partial charge in [0, 0.05) is 47.9 Å². The zero-order valence-electron chi connectivity index (χ0n) is 16.3. The third-order valence-electron chi connectivity index (χ3n) is 5.42. The average molecular weight is 427 g/mol. The highest BCUT2D eigenvalue weighted by Crippen LogP contribution is 2.29. The number of rotatable bonds is 7. The fourth-order valence-corrected chi connectivity index (χ4v) is 4.08. The highest BCUT2D eigenvalue weighted by molar-refractivity contribution is 6.30. The monoisotopic (exact) mass is 426 g/mol. The molecule has 3 N–H and O–H groups in total. The number of halogens is 1. The van der Waals surface area contributed by atoms with Gasteiger partial charge in [-0.3, -0.25) is 14.5 Å². The first-order valence-electron chi connectivity index (χ1n) is 9.85. The van der Waals surface area contributed by atoms with Crippen molar-refractivity contribution in [3.05, 3.63) is 76.8 Å². The summed E-state index contributed by atoms with van der Waals surface area (Å²) in [7, 11) is 0. The van der Waals surface area contributed by atoms with Crippen LogP contribution >= 0.6 is 11.6 Å². The van der Waals surface area contributed by atoms with E-state index in [9.17, 15) is 15.0 Å². The SMILES string of the molecule is O=C(c1ccn(Cc2cccc(Cl)c2)n1)c1cnccc1NC1CC(O)C(CO)C1. The minimum Gasteiger partial charge on any atom is -0.396 e. The molecule has 1 aliphatic carbocycles. The maximum absolute atomic E-state index is 13.1. The van der Waals surface area contributed by atoms with E-state index in [0.29, 0.717) is 41.4 Å². The Balaban J connectivity index is 1.50. The Morgan fingerprint density at radius 2 is 2.13 bits per heavy atom. The Labute approximate surface area is 179 Å². The number of aromatic nitrogens is 3. The lowest BCUT2D eigenvalue weighted by molar-refractivity contribution is 0.0908. The van der Waals surface area contributed by atoms with E-state index in [0.717, 1.165) is 5.56 Å². The summed E-state index contributed by atoms with van der Waals surface area (Å²) in [4.78, 5) is 17.2. The van der Waals surface area contributed by atoms with Gasteiger partial charge in [0.25, 0.3) is 0 Å². The van der Waals surface area contributed by atoms with Crippen LogP contribution in [0.1, 0.15) is 34.5 Å². The predicted octanol–water partition coefficient (Wildman–Crippen LogP) is 2.75. The van der Waals surface area contributed by atoms with Crippen LogP contribution in [0.25, 0.3) is 0 Å². The van der Waals surface area contributed by atoms with Crippen LogP contribution in [0.3, 0.4) is 0 Å². The molecule has 0 spiro atoms. The molecule has 0 bridgehead atoms. The minimum absolute atomic E-state index is 0.0218. The molecular formula is C22H23ClN4O3. The average Bonchev–Trinajstić information content (AvgIpc) is 3.34. The predicted molar refractivity (Wildman–Crippen MR) is 114 cm³/mol. The summed E-state index contributed by atoms with van der Waals surface area (Å²) in [5, 5.41) is 27.8. The second-order valence-electron chi connectivity index (χ2n) is 7.60.